The highest BCUT2D eigenvalue weighted by Crippen LogP contribution is 2.26. The molecular formula is C16H13N7O. The minimum atomic E-state index is 0.144. The minimum absolute atomic E-state index is 0.144. The molecule has 0 spiro atoms. The van der Waals surface area contributed by atoms with E-state index in [2.05, 4.69) is 20.3 Å². The van der Waals surface area contributed by atoms with Gasteiger partial charge in [-0.3, -0.25) is 0 Å². The highest BCUT2D eigenvalue weighted by molar-refractivity contribution is 5.92. The molecule has 0 aliphatic carbocycles. The normalized spacial score (nSPS) is 11.0. The minimum Gasteiger partial charge on any atom is -0.508 e. The maximum atomic E-state index is 9.35. The van der Waals surface area contributed by atoms with Gasteiger partial charge in [0.2, 0.25) is 5.95 Å². The lowest BCUT2D eigenvalue weighted by Gasteiger charge is -2.04. The van der Waals surface area contributed by atoms with Crippen molar-refractivity contribution in [2.45, 2.75) is 0 Å². The van der Waals surface area contributed by atoms with Gasteiger partial charge in [0.15, 0.2) is 0 Å². The summed E-state index contributed by atoms with van der Waals surface area (Å²) in [5.41, 5.74) is 14.5. The molecular weight excluding hydrogens is 306 g/mol. The number of hydrogen-bond donors (Lipinski definition) is 3. The zero-order chi connectivity index (χ0) is 16.7. The van der Waals surface area contributed by atoms with Crippen molar-refractivity contribution in [3.8, 4) is 22.7 Å². The molecule has 0 unspecified atom stereocenters. The van der Waals surface area contributed by atoms with Crippen molar-refractivity contribution < 1.29 is 5.11 Å². The van der Waals surface area contributed by atoms with Gasteiger partial charge in [-0.15, -0.1) is 5.10 Å². The average Bonchev–Trinajstić information content (AvgIpc) is 3.05. The van der Waals surface area contributed by atoms with Crippen LogP contribution in [-0.2, 0) is 0 Å². The number of benzene rings is 2. The molecule has 0 atom stereocenters. The Balaban J connectivity index is 1.76. The molecule has 5 N–H and O–H groups in total. The van der Waals surface area contributed by atoms with Gasteiger partial charge in [-0.1, -0.05) is 11.3 Å². The van der Waals surface area contributed by atoms with E-state index in [1.54, 1.807) is 35.1 Å². The second-order valence-corrected chi connectivity index (χ2v) is 5.26. The molecule has 0 bridgehead atoms. The second-order valence-electron chi connectivity index (χ2n) is 5.26. The number of nitrogen functional groups attached to an aromatic ring is 2. The van der Waals surface area contributed by atoms with Crippen molar-refractivity contribution >= 4 is 22.7 Å². The summed E-state index contributed by atoms with van der Waals surface area (Å²) in [5.74, 6) is 0.666. The van der Waals surface area contributed by atoms with E-state index < -0.39 is 0 Å². The van der Waals surface area contributed by atoms with Crippen molar-refractivity contribution in [2.75, 3.05) is 11.5 Å². The highest BCUT2D eigenvalue weighted by Gasteiger charge is 2.09. The average molecular weight is 319 g/mol. The summed E-state index contributed by atoms with van der Waals surface area (Å²) in [6, 6.07) is 12.2. The molecule has 0 fully saturated rings. The van der Waals surface area contributed by atoms with E-state index in [4.69, 9.17) is 11.5 Å². The monoisotopic (exact) mass is 319 g/mol. The van der Waals surface area contributed by atoms with Crippen LogP contribution in [0.3, 0.4) is 0 Å². The summed E-state index contributed by atoms with van der Waals surface area (Å²) in [4.78, 5) is 8.13. The Morgan fingerprint density at radius 2 is 1.75 bits per heavy atom. The summed E-state index contributed by atoms with van der Waals surface area (Å²) in [6.07, 6.45) is 1.79. The summed E-state index contributed by atoms with van der Waals surface area (Å²) in [5, 5.41) is 18.4. The summed E-state index contributed by atoms with van der Waals surface area (Å²) in [6.45, 7) is 0. The molecule has 8 nitrogen and oxygen atoms in total. The largest absolute Gasteiger partial charge is 0.508 e. The number of anilines is 2. The topological polar surface area (TPSA) is 129 Å². The van der Waals surface area contributed by atoms with Crippen LogP contribution in [-0.4, -0.2) is 30.1 Å². The van der Waals surface area contributed by atoms with Crippen LogP contribution in [0.2, 0.25) is 0 Å². The molecule has 0 aliphatic rings. The maximum Gasteiger partial charge on any atom is 0.222 e. The van der Waals surface area contributed by atoms with Crippen molar-refractivity contribution in [1.82, 2.24) is 25.0 Å². The number of nitrogens with two attached hydrogens (primary N) is 2. The fourth-order valence-electron chi connectivity index (χ4n) is 2.46. The van der Waals surface area contributed by atoms with Crippen LogP contribution in [0.25, 0.3) is 27.8 Å². The van der Waals surface area contributed by atoms with Gasteiger partial charge in [0.05, 0.1) is 17.4 Å². The van der Waals surface area contributed by atoms with E-state index in [9.17, 15) is 5.11 Å². The number of aromatic nitrogens is 5. The zero-order valence-corrected chi connectivity index (χ0v) is 12.5. The van der Waals surface area contributed by atoms with Gasteiger partial charge < -0.3 is 16.6 Å². The summed E-state index contributed by atoms with van der Waals surface area (Å²) < 4.78 is 1.63. The summed E-state index contributed by atoms with van der Waals surface area (Å²) >= 11 is 0. The second kappa shape index (κ2) is 5.20. The number of fused-ring (bicyclic) bond motifs is 1. The van der Waals surface area contributed by atoms with Crippen LogP contribution < -0.4 is 11.5 Å². The lowest BCUT2D eigenvalue weighted by atomic mass is 10.1. The molecule has 2 heterocycles. The molecule has 8 heteroatoms. The van der Waals surface area contributed by atoms with Crippen molar-refractivity contribution in [2.24, 2.45) is 0 Å². The van der Waals surface area contributed by atoms with Gasteiger partial charge in [0.25, 0.3) is 0 Å². The van der Waals surface area contributed by atoms with Crippen LogP contribution in [0, 0.1) is 0 Å². The van der Waals surface area contributed by atoms with E-state index in [1.807, 2.05) is 18.2 Å². The molecule has 118 valence electrons. The first-order valence-electron chi connectivity index (χ1n) is 7.15. The van der Waals surface area contributed by atoms with Gasteiger partial charge >= 0.3 is 0 Å². The van der Waals surface area contributed by atoms with Gasteiger partial charge in [-0.05, 0) is 36.4 Å². The number of phenolic OH excluding ortho intramolecular Hbond substituents is 1. The quantitative estimate of drug-likeness (QED) is 0.513. The van der Waals surface area contributed by atoms with Gasteiger partial charge in [0.1, 0.15) is 17.3 Å². The number of nitrogens with zero attached hydrogens (tertiary/aromatic N) is 5. The molecule has 0 radical (unpaired) electrons. The lowest BCUT2D eigenvalue weighted by molar-refractivity contribution is 0.475. The first-order chi connectivity index (χ1) is 11.6. The standard InChI is InChI=1S/C16H13N7O/c17-15-12-7-9(1-6-13(12)19-16(18)20-15)14-8-23(22-21-14)10-2-4-11(24)5-3-10/h1-8,24H,(H4,17,18,19,20). The number of rotatable bonds is 2. The van der Waals surface area contributed by atoms with Gasteiger partial charge in [-0.2, -0.15) is 4.98 Å². The molecule has 0 aliphatic heterocycles. The Morgan fingerprint density at radius 3 is 2.54 bits per heavy atom. The van der Waals surface area contributed by atoms with Crippen LogP contribution in [0.4, 0.5) is 11.8 Å². The van der Waals surface area contributed by atoms with Crippen LogP contribution in [0.15, 0.2) is 48.7 Å². The molecule has 0 saturated carbocycles. The number of aromatic hydroxyl groups is 1. The van der Waals surface area contributed by atoms with E-state index in [1.165, 1.54) is 0 Å². The number of phenols is 1. The SMILES string of the molecule is Nc1nc(N)c2cc(-c3cn(-c4ccc(O)cc4)nn3)ccc2n1. The Labute approximate surface area is 136 Å². The Bertz CT molecular complexity index is 1040. The zero-order valence-electron chi connectivity index (χ0n) is 12.5. The lowest BCUT2D eigenvalue weighted by Crippen LogP contribution is -2.00. The number of hydrogen-bond acceptors (Lipinski definition) is 7. The van der Waals surface area contributed by atoms with Crippen LogP contribution in [0.5, 0.6) is 5.75 Å². The molecule has 24 heavy (non-hydrogen) atoms. The molecule has 4 rings (SSSR count). The van der Waals surface area contributed by atoms with E-state index >= 15 is 0 Å². The fourth-order valence-corrected chi connectivity index (χ4v) is 2.46. The molecule has 0 amide bonds. The third kappa shape index (κ3) is 2.35. The van der Waals surface area contributed by atoms with Crippen molar-refractivity contribution in [3.05, 3.63) is 48.7 Å². The van der Waals surface area contributed by atoms with Crippen molar-refractivity contribution in [3.63, 3.8) is 0 Å². The van der Waals surface area contributed by atoms with Crippen LogP contribution in [0.1, 0.15) is 0 Å². The Morgan fingerprint density at radius 1 is 0.958 bits per heavy atom. The molecule has 0 saturated heterocycles. The first kappa shape index (κ1) is 13.9. The van der Waals surface area contributed by atoms with Crippen LogP contribution >= 0.6 is 0 Å². The highest BCUT2D eigenvalue weighted by atomic mass is 16.3. The summed E-state index contributed by atoms with van der Waals surface area (Å²) in [7, 11) is 0. The molecule has 4 aromatic rings. The fraction of sp³-hybridized carbons (Fsp3) is 0. The predicted molar refractivity (Wildman–Crippen MR) is 90.4 cm³/mol. The van der Waals surface area contributed by atoms with E-state index in [0.29, 0.717) is 22.4 Å². The first-order valence-corrected chi connectivity index (χ1v) is 7.15. The van der Waals surface area contributed by atoms with Gasteiger partial charge in [0, 0.05) is 10.9 Å². The van der Waals surface area contributed by atoms with Crippen molar-refractivity contribution in [1.29, 1.82) is 0 Å². The maximum absolute atomic E-state index is 9.35. The molecule has 2 aromatic carbocycles. The third-order valence-electron chi connectivity index (χ3n) is 3.65. The Kier molecular flexibility index (Phi) is 3.02. The smallest absolute Gasteiger partial charge is 0.222 e. The van der Waals surface area contributed by atoms with Gasteiger partial charge in [-0.25, -0.2) is 9.67 Å². The van der Waals surface area contributed by atoms with E-state index in [0.717, 1.165) is 11.3 Å². The van der Waals surface area contributed by atoms with E-state index in [-0.39, 0.29) is 11.7 Å². The molecule has 2 aromatic heterocycles. The Hall–Kier alpha value is -3.68. The predicted octanol–water partition coefficient (Wildman–Crippen LogP) is 1.75. The third-order valence-corrected chi connectivity index (χ3v) is 3.65.